The number of thioether (sulfide) groups is 1. The lowest BCUT2D eigenvalue weighted by atomic mass is 10.2. The Kier molecular flexibility index (Phi) is 5.70. The number of H-pyrrole nitrogens is 1. The van der Waals surface area contributed by atoms with Crippen molar-refractivity contribution in [2.45, 2.75) is 30.9 Å². The average molecular weight is 409 g/mol. The average Bonchev–Trinajstić information content (AvgIpc) is 2.94. The number of thiophene rings is 1. The quantitative estimate of drug-likeness (QED) is 0.476. The third-order valence-corrected chi connectivity index (χ3v) is 6.60. The van der Waals surface area contributed by atoms with Crippen molar-refractivity contribution in [2.75, 3.05) is 6.61 Å². The molecule has 1 N–H and O–H groups in total. The van der Waals surface area contributed by atoms with E-state index >= 15 is 0 Å². The Morgan fingerprint density at radius 1 is 1.42 bits per heavy atom. The Labute approximate surface area is 163 Å². The number of aromatic nitrogens is 2. The molecule has 3 aromatic rings. The van der Waals surface area contributed by atoms with E-state index in [1.165, 1.54) is 23.1 Å². The maximum Gasteiger partial charge on any atom is 0.348 e. The Bertz CT molecular complexity index is 1030. The van der Waals surface area contributed by atoms with Gasteiger partial charge in [-0.2, -0.15) is 0 Å². The molecule has 0 aliphatic rings. The van der Waals surface area contributed by atoms with Gasteiger partial charge in [-0.25, -0.2) is 9.78 Å². The van der Waals surface area contributed by atoms with E-state index in [0.717, 1.165) is 4.90 Å². The Morgan fingerprint density at radius 3 is 2.85 bits per heavy atom. The van der Waals surface area contributed by atoms with Crippen molar-refractivity contribution < 1.29 is 9.53 Å². The lowest BCUT2D eigenvalue weighted by Crippen LogP contribution is -2.12. The van der Waals surface area contributed by atoms with E-state index in [1.807, 2.05) is 31.2 Å². The van der Waals surface area contributed by atoms with Gasteiger partial charge in [0.15, 0.2) is 0 Å². The van der Waals surface area contributed by atoms with E-state index in [-0.39, 0.29) is 17.4 Å². The number of nitrogens with zero attached hydrogens (tertiary/aromatic N) is 1. The highest BCUT2D eigenvalue weighted by Gasteiger charge is 2.21. The van der Waals surface area contributed by atoms with E-state index in [1.54, 1.807) is 13.8 Å². The molecule has 26 heavy (non-hydrogen) atoms. The van der Waals surface area contributed by atoms with E-state index in [0.29, 0.717) is 31.5 Å². The first-order valence-electron chi connectivity index (χ1n) is 8.04. The summed E-state index contributed by atoms with van der Waals surface area (Å²) in [6, 6.07) is 7.53. The molecule has 3 rings (SSSR count). The first-order valence-corrected chi connectivity index (χ1v) is 10.1. The van der Waals surface area contributed by atoms with Gasteiger partial charge in [-0.05, 0) is 38.5 Å². The van der Waals surface area contributed by atoms with Gasteiger partial charge in [0.05, 0.1) is 22.3 Å². The maximum atomic E-state index is 12.6. The van der Waals surface area contributed by atoms with E-state index in [2.05, 4.69) is 9.97 Å². The third kappa shape index (κ3) is 3.65. The molecule has 1 unspecified atom stereocenters. The highest BCUT2D eigenvalue weighted by atomic mass is 35.5. The molecule has 0 aliphatic heterocycles. The smallest absolute Gasteiger partial charge is 0.348 e. The number of ether oxygens (including phenoxy) is 1. The first kappa shape index (κ1) is 18.9. The Balaban J connectivity index is 1.99. The molecule has 8 heteroatoms. The highest BCUT2D eigenvalue weighted by molar-refractivity contribution is 7.99. The number of rotatable bonds is 5. The number of hydrogen-bond donors (Lipinski definition) is 1. The highest BCUT2D eigenvalue weighted by Crippen LogP contribution is 2.37. The van der Waals surface area contributed by atoms with Crippen LogP contribution in [-0.2, 0) is 4.74 Å². The number of carbonyl (C=O) groups is 1. The van der Waals surface area contributed by atoms with Crippen LogP contribution in [0.15, 0.2) is 34.0 Å². The van der Waals surface area contributed by atoms with Crippen LogP contribution in [0, 0.1) is 6.92 Å². The van der Waals surface area contributed by atoms with Crippen LogP contribution in [-0.4, -0.2) is 22.5 Å². The number of esters is 1. The van der Waals surface area contributed by atoms with Crippen molar-refractivity contribution in [3.05, 3.63) is 55.9 Å². The summed E-state index contributed by atoms with van der Waals surface area (Å²) >= 11 is 8.91. The van der Waals surface area contributed by atoms with Gasteiger partial charge in [-0.1, -0.05) is 23.7 Å². The van der Waals surface area contributed by atoms with Crippen LogP contribution in [0.5, 0.6) is 0 Å². The summed E-state index contributed by atoms with van der Waals surface area (Å²) in [4.78, 5) is 33.9. The summed E-state index contributed by atoms with van der Waals surface area (Å²) in [5, 5.41) is 0.988. The molecule has 0 amide bonds. The number of aryl methyl sites for hydroxylation is 1. The van der Waals surface area contributed by atoms with Crippen molar-refractivity contribution in [2.24, 2.45) is 0 Å². The van der Waals surface area contributed by atoms with Crippen LogP contribution < -0.4 is 5.56 Å². The minimum atomic E-state index is -0.424. The number of aromatic amines is 1. The van der Waals surface area contributed by atoms with Gasteiger partial charge in [0.25, 0.3) is 5.56 Å². The fourth-order valence-electron chi connectivity index (χ4n) is 2.53. The second-order valence-corrected chi connectivity index (χ2v) is 8.39. The molecule has 1 atom stereocenters. The summed E-state index contributed by atoms with van der Waals surface area (Å²) in [5.74, 6) is 0.122. The van der Waals surface area contributed by atoms with Crippen molar-refractivity contribution >= 4 is 50.9 Å². The van der Waals surface area contributed by atoms with Gasteiger partial charge in [-0.3, -0.25) is 4.79 Å². The predicted molar refractivity (Wildman–Crippen MR) is 107 cm³/mol. The normalized spacial score (nSPS) is 12.3. The van der Waals surface area contributed by atoms with Crippen LogP contribution >= 0.6 is 34.7 Å². The largest absolute Gasteiger partial charge is 0.462 e. The molecular formula is C18H17ClN2O3S2. The van der Waals surface area contributed by atoms with E-state index in [9.17, 15) is 9.59 Å². The molecule has 136 valence electrons. The van der Waals surface area contributed by atoms with Gasteiger partial charge < -0.3 is 9.72 Å². The summed E-state index contributed by atoms with van der Waals surface area (Å²) < 4.78 is 5.06. The number of nitrogens with one attached hydrogen (secondary N) is 1. The van der Waals surface area contributed by atoms with Gasteiger partial charge >= 0.3 is 5.97 Å². The summed E-state index contributed by atoms with van der Waals surface area (Å²) in [7, 11) is 0. The minimum Gasteiger partial charge on any atom is -0.462 e. The molecule has 5 nitrogen and oxygen atoms in total. The number of carbonyl (C=O) groups excluding carboxylic acids is 1. The number of hydrogen-bond acceptors (Lipinski definition) is 6. The number of halogens is 1. The zero-order chi connectivity index (χ0) is 18.8. The molecule has 0 saturated heterocycles. The third-order valence-electron chi connectivity index (χ3n) is 3.81. The standard InChI is InChI=1S/C18H17ClN2O3S2/c1-4-24-18(23)14-9(2)13-16(22)20-15(21-17(13)26-14)10(3)25-12-8-6-5-7-11(12)19/h5-8,10H,4H2,1-3H3,(H,20,21,22). The fraction of sp³-hybridized carbons (Fsp3) is 0.278. The Morgan fingerprint density at radius 2 is 2.15 bits per heavy atom. The van der Waals surface area contributed by atoms with Gasteiger partial charge in [-0.15, -0.1) is 23.1 Å². The number of benzene rings is 1. The fourth-order valence-corrected chi connectivity index (χ4v) is 4.82. The first-order chi connectivity index (χ1) is 12.4. The minimum absolute atomic E-state index is 0.111. The van der Waals surface area contributed by atoms with Crippen molar-refractivity contribution in [3.8, 4) is 0 Å². The van der Waals surface area contributed by atoms with Crippen LogP contribution in [0.2, 0.25) is 5.02 Å². The lowest BCUT2D eigenvalue weighted by Gasteiger charge is -2.11. The molecule has 0 aliphatic carbocycles. The van der Waals surface area contributed by atoms with E-state index in [4.69, 9.17) is 16.3 Å². The zero-order valence-corrected chi connectivity index (χ0v) is 16.8. The molecule has 2 aromatic heterocycles. The molecule has 1 aromatic carbocycles. The zero-order valence-electron chi connectivity index (χ0n) is 14.5. The predicted octanol–water partition coefficient (Wildman–Crippen LogP) is 4.98. The maximum absolute atomic E-state index is 12.6. The molecule has 0 fully saturated rings. The lowest BCUT2D eigenvalue weighted by molar-refractivity contribution is 0.0531. The van der Waals surface area contributed by atoms with Gasteiger partial charge in [0.1, 0.15) is 15.5 Å². The molecule has 2 heterocycles. The van der Waals surface area contributed by atoms with Gasteiger partial charge in [0.2, 0.25) is 0 Å². The van der Waals surface area contributed by atoms with Gasteiger partial charge in [0, 0.05) is 4.90 Å². The SMILES string of the molecule is CCOC(=O)c1sc2nc(C(C)Sc3ccccc3Cl)[nH]c(=O)c2c1C. The second-order valence-electron chi connectivity index (χ2n) is 5.60. The number of fused-ring (bicyclic) bond motifs is 1. The monoisotopic (exact) mass is 408 g/mol. The summed E-state index contributed by atoms with van der Waals surface area (Å²) in [6.45, 7) is 5.72. The summed E-state index contributed by atoms with van der Waals surface area (Å²) in [6.07, 6.45) is 0. The van der Waals surface area contributed by atoms with E-state index < -0.39 is 5.97 Å². The molecule has 0 radical (unpaired) electrons. The summed E-state index contributed by atoms with van der Waals surface area (Å²) in [5.41, 5.74) is 0.357. The van der Waals surface area contributed by atoms with Crippen LogP contribution in [0.25, 0.3) is 10.2 Å². The molecule has 0 spiro atoms. The topological polar surface area (TPSA) is 72.0 Å². The molecule has 0 saturated carbocycles. The second kappa shape index (κ2) is 7.82. The molecular weight excluding hydrogens is 392 g/mol. The van der Waals surface area contributed by atoms with Crippen LogP contribution in [0.4, 0.5) is 0 Å². The van der Waals surface area contributed by atoms with Crippen molar-refractivity contribution in [1.29, 1.82) is 0 Å². The Hall–Kier alpha value is -1.83. The van der Waals surface area contributed by atoms with Crippen LogP contribution in [0.3, 0.4) is 0 Å². The van der Waals surface area contributed by atoms with Crippen molar-refractivity contribution in [3.63, 3.8) is 0 Å². The van der Waals surface area contributed by atoms with Crippen molar-refractivity contribution in [1.82, 2.24) is 9.97 Å². The van der Waals surface area contributed by atoms with Crippen LogP contribution in [0.1, 0.15) is 40.2 Å². The molecule has 0 bridgehead atoms.